The fourth-order valence-corrected chi connectivity index (χ4v) is 1.46. The Bertz CT molecular complexity index is 542. The molecule has 6 nitrogen and oxygen atoms in total. The molecule has 0 amide bonds. The summed E-state index contributed by atoms with van der Waals surface area (Å²) in [6.07, 6.45) is 4.42. The number of carboxylic acids is 1. The molecule has 2 aromatic heterocycles. The van der Waals surface area contributed by atoms with Crippen LogP contribution in [0.15, 0.2) is 30.7 Å². The van der Waals surface area contributed by atoms with Gasteiger partial charge in [0.2, 0.25) is 0 Å². The number of pyridine rings is 1. The average Bonchev–Trinajstić information content (AvgIpc) is 2.84. The Kier molecular flexibility index (Phi) is 3.52. The van der Waals surface area contributed by atoms with Gasteiger partial charge < -0.3 is 10.4 Å². The summed E-state index contributed by atoms with van der Waals surface area (Å²) in [5.74, 6) is -1.75. The Hall–Kier alpha value is -2.44. The largest absolute Gasteiger partial charge is 0.478 e. The van der Waals surface area contributed by atoms with Crippen molar-refractivity contribution in [3.05, 3.63) is 42.1 Å². The average molecular weight is 250 g/mol. The van der Waals surface area contributed by atoms with Gasteiger partial charge in [-0.05, 0) is 12.1 Å². The summed E-state index contributed by atoms with van der Waals surface area (Å²) in [5, 5.41) is 15.7. The Morgan fingerprint density at radius 3 is 3.06 bits per heavy atom. The first kappa shape index (κ1) is 12.0. The first-order chi connectivity index (χ1) is 8.66. The number of aromatic carboxylic acids is 1. The molecule has 0 aromatic carbocycles. The van der Waals surface area contributed by atoms with E-state index in [4.69, 9.17) is 5.11 Å². The van der Waals surface area contributed by atoms with Crippen molar-refractivity contribution in [1.82, 2.24) is 14.8 Å². The van der Waals surface area contributed by atoms with Crippen LogP contribution in [0.5, 0.6) is 0 Å². The lowest BCUT2D eigenvalue weighted by Gasteiger charge is -2.08. The van der Waals surface area contributed by atoms with Gasteiger partial charge >= 0.3 is 5.97 Å². The van der Waals surface area contributed by atoms with E-state index in [1.807, 2.05) is 0 Å². The second-order valence-corrected chi connectivity index (χ2v) is 3.55. The maximum atomic E-state index is 12.9. The van der Waals surface area contributed by atoms with Crippen molar-refractivity contribution in [3.63, 3.8) is 0 Å². The van der Waals surface area contributed by atoms with E-state index < -0.39 is 11.8 Å². The lowest BCUT2D eigenvalue weighted by molar-refractivity contribution is 0.0697. The van der Waals surface area contributed by atoms with E-state index in [1.54, 1.807) is 23.1 Å². The zero-order valence-electron chi connectivity index (χ0n) is 9.38. The first-order valence-corrected chi connectivity index (χ1v) is 5.27. The number of carboxylic acid groups (broad SMARTS) is 1. The van der Waals surface area contributed by atoms with Gasteiger partial charge in [0.15, 0.2) is 0 Å². The van der Waals surface area contributed by atoms with Gasteiger partial charge in [0.1, 0.15) is 17.2 Å². The molecule has 0 saturated heterocycles. The minimum absolute atomic E-state index is 0.149. The molecule has 94 valence electrons. The molecule has 0 saturated carbocycles. The predicted octanol–water partition coefficient (Wildman–Crippen LogP) is 1.23. The van der Waals surface area contributed by atoms with Crippen molar-refractivity contribution in [1.29, 1.82) is 0 Å². The van der Waals surface area contributed by atoms with Gasteiger partial charge in [-0.25, -0.2) is 14.2 Å². The fraction of sp³-hybridized carbons (Fsp3) is 0.182. The molecule has 2 heterocycles. The van der Waals surface area contributed by atoms with Gasteiger partial charge in [0.25, 0.3) is 0 Å². The van der Waals surface area contributed by atoms with Crippen LogP contribution in [0.25, 0.3) is 0 Å². The SMILES string of the molecule is O=C(O)c1cc(F)cnc1NCCn1cccn1. The summed E-state index contributed by atoms with van der Waals surface area (Å²) in [6.45, 7) is 1.01. The van der Waals surface area contributed by atoms with Gasteiger partial charge in [-0.3, -0.25) is 4.68 Å². The van der Waals surface area contributed by atoms with Crippen LogP contribution in [-0.2, 0) is 6.54 Å². The summed E-state index contributed by atoms with van der Waals surface area (Å²) < 4.78 is 14.6. The molecule has 0 aliphatic carbocycles. The summed E-state index contributed by atoms with van der Waals surface area (Å²) >= 11 is 0. The highest BCUT2D eigenvalue weighted by Crippen LogP contribution is 2.13. The van der Waals surface area contributed by atoms with Crippen molar-refractivity contribution in [3.8, 4) is 0 Å². The first-order valence-electron chi connectivity index (χ1n) is 5.27. The standard InChI is InChI=1S/C11H11FN4O2/c12-8-6-9(11(17)18)10(14-7-8)13-3-5-16-4-1-2-15-16/h1-2,4,6-7H,3,5H2,(H,13,14)(H,17,18). The molecule has 0 spiro atoms. The highest BCUT2D eigenvalue weighted by molar-refractivity contribution is 5.93. The van der Waals surface area contributed by atoms with Crippen LogP contribution in [0.3, 0.4) is 0 Å². The van der Waals surface area contributed by atoms with Crippen molar-refractivity contribution >= 4 is 11.8 Å². The Morgan fingerprint density at radius 2 is 2.39 bits per heavy atom. The molecule has 0 fully saturated rings. The normalized spacial score (nSPS) is 10.3. The number of hydrogen-bond acceptors (Lipinski definition) is 4. The number of carbonyl (C=O) groups is 1. The fourth-order valence-electron chi connectivity index (χ4n) is 1.46. The van der Waals surface area contributed by atoms with E-state index >= 15 is 0 Å². The summed E-state index contributed by atoms with van der Waals surface area (Å²) in [5.41, 5.74) is -0.185. The smallest absolute Gasteiger partial charge is 0.339 e. The molecule has 0 aliphatic rings. The van der Waals surface area contributed by atoms with Gasteiger partial charge in [-0.15, -0.1) is 0 Å². The van der Waals surface area contributed by atoms with Crippen LogP contribution in [0.4, 0.5) is 10.2 Å². The molecule has 18 heavy (non-hydrogen) atoms. The number of nitrogens with one attached hydrogen (secondary N) is 1. The highest BCUT2D eigenvalue weighted by Gasteiger charge is 2.12. The molecule has 0 unspecified atom stereocenters. The molecule has 2 rings (SSSR count). The minimum atomic E-state index is -1.22. The van der Waals surface area contributed by atoms with E-state index in [-0.39, 0.29) is 11.4 Å². The zero-order chi connectivity index (χ0) is 13.0. The monoisotopic (exact) mass is 250 g/mol. The number of hydrogen-bond donors (Lipinski definition) is 2. The third-order valence-electron chi connectivity index (χ3n) is 2.28. The lowest BCUT2D eigenvalue weighted by atomic mass is 10.2. The Labute approximate surface area is 102 Å². The van der Waals surface area contributed by atoms with Crippen molar-refractivity contribution in [2.45, 2.75) is 6.54 Å². The lowest BCUT2D eigenvalue weighted by Crippen LogP contribution is -2.14. The van der Waals surface area contributed by atoms with E-state index in [2.05, 4.69) is 15.4 Å². The molecular weight excluding hydrogens is 239 g/mol. The summed E-state index contributed by atoms with van der Waals surface area (Å²) in [7, 11) is 0. The van der Waals surface area contributed by atoms with Crippen LogP contribution in [0.2, 0.25) is 0 Å². The molecular formula is C11H11FN4O2. The van der Waals surface area contributed by atoms with E-state index in [0.717, 1.165) is 12.3 Å². The number of anilines is 1. The van der Waals surface area contributed by atoms with E-state index in [9.17, 15) is 9.18 Å². The van der Waals surface area contributed by atoms with E-state index in [1.165, 1.54) is 0 Å². The van der Waals surface area contributed by atoms with Crippen LogP contribution >= 0.6 is 0 Å². The summed E-state index contributed by atoms with van der Waals surface area (Å²) in [6, 6.07) is 2.73. The van der Waals surface area contributed by atoms with Gasteiger partial charge in [0.05, 0.1) is 12.7 Å². The molecule has 0 atom stereocenters. The molecule has 7 heteroatoms. The van der Waals surface area contributed by atoms with Crippen LogP contribution in [0, 0.1) is 5.82 Å². The van der Waals surface area contributed by atoms with Gasteiger partial charge in [-0.2, -0.15) is 5.10 Å². The highest BCUT2D eigenvalue weighted by atomic mass is 19.1. The number of halogens is 1. The molecule has 0 radical (unpaired) electrons. The third kappa shape index (κ3) is 2.82. The van der Waals surface area contributed by atoms with Crippen LogP contribution in [0.1, 0.15) is 10.4 Å². The van der Waals surface area contributed by atoms with Crippen LogP contribution < -0.4 is 5.32 Å². The molecule has 2 aromatic rings. The van der Waals surface area contributed by atoms with Crippen molar-refractivity contribution in [2.75, 3.05) is 11.9 Å². The molecule has 2 N–H and O–H groups in total. The topological polar surface area (TPSA) is 80.0 Å². The van der Waals surface area contributed by atoms with Gasteiger partial charge in [0, 0.05) is 18.9 Å². The maximum Gasteiger partial charge on any atom is 0.339 e. The zero-order valence-corrected chi connectivity index (χ0v) is 9.38. The Balaban J connectivity index is 2.02. The predicted molar refractivity (Wildman–Crippen MR) is 61.9 cm³/mol. The number of aromatic nitrogens is 3. The molecule has 0 aliphatic heterocycles. The van der Waals surface area contributed by atoms with E-state index in [0.29, 0.717) is 13.1 Å². The number of nitrogens with zero attached hydrogens (tertiary/aromatic N) is 3. The summed E-state index contributed by atoms with van der Waals surface area (Å²) in [4.78, 5) is 14.6. The minimum Gasteiger partial charge on any atom is -0.478 e. The van der Waals surface area contributed by atoms with Crippen molar-refractivity contribution < 1.29 is 14.3 Å². The Morgan fingerprint density at radius 1 is 1.56 bits per heavy atom. The van der Waals surface area contributed by atoms with Gasteiger partial charge in [-0.1, -0.05) is 0 Å². The number of rotatable bonds is 5. The quantitative estimate of drug-likeness (QED) is 0.834. The second-order valence-electron chi connectivity index (χ2n) is 3.55. The second kappa shape index (κ2) is 5.26. The van der Waals surface area contributed by atoms with Crippen LogP contribution in [-0.4, -0.2) is 32.4 Å². The maximum absolute atomic E-state index is 12.9. The van der Waals surface area contributed by atoms with Crippen molar-refractivity contribution in [2.24, 2.45) is 0 Å². The molecule has 0 bridgehead atoms. The third-order valence-corrected chi connectivity index (χ3v) is 2.28.